The molecule has 0 atom stereocenters. The van der Waals surface area contributed by atoms with Gasteiger partial charge < -0.3 is 13.6 Å². The Bertz CT molecular complexity index is 1180. The van der Waals surface area contributed by atoms with Gasteiger partial charge >= 0.3 is 5.97 Å². The van der Waals surface area contributed by atoms with Gasteiger partial charge in [0, 0.05) is 0 Å². The number of aryl methyl sites for hydroxylation is 2. The first-order valence-electron chi connectivity index (χ1n) is 8.43. The number of carbonyl (C=O) groups excluding carboxylic acids is 1. The second-order valence-electron chi connectivity index (χ2n) is 6.32. The fourth-order valence-electron chi connectivity index (χ4n) is 2.80. The summed E-state index contributed by atoms with van der Waals surface area (Å²) in [6.45, 7) is 3.79. The minimum absolute atomic E-state index is 0.0850. The number of ether oxygens (including phenoxy) is 1. The van der Waals surface area contributed by atoms with Crippen molar-refractivity contribution >= 4 is 16.9 Å². The minimum Gasteiger partial charge on any atom is -0.461 e. The van der Waals surface area contributed by atoms with Crippen molar-refractivity contribution < 1.29 is 18.4 Å². The van der Waals surface area contributed by atoms with Gasteiger partial charge in [0.25, 0.3) is 0 Å². The first-order chi connectivity index (χ1) is 13.0. The van der Waals surface area contributed by atoms with Gasteiger partial charge in [-0.2, -0.15) is 0 Å². The molecule has 0 bridgehead atoms. The second-order valence-corrected chi connectivity index (χ2v) is 6.32. The fraction of sp³-hybridized carbons (Fsp3) is 0.0909. The zero-order valence-corrected chi connectivity index (χ0v) is 14.8. The van der Waals surface area contributed by atoms with E-state index in [0.29, 0.717) is 22.3 Å². The third kappa shape index (κ3) is 3.15. The number of carbonyl (C=O) groups is 1. The van der Waals surface area contributed by atoms with Crippen LogP contribution in [0.4, 0.5) is 0 Å². The van der Waals surface area contributed by atoms with E-state index in [2.05, 4.69) is 0 Å². The average molecular weight is 360 g/mol. The molecule has 0 saturated heterocycles. The monoisotopic (exact) mass is 360 g/mol. The number of hydrogen-bond acceptors (Lipinski definition) is 5. The molecule has 134 valence electrons. The Kier molecular flexibility index (Phi) is 4.12. The molecule has 0 N–H and O–H groups in total. The molecule has 5 nitrogen and oxygen atoms in total. The van der Waals surface area contributed by atoms with E-state index in [1.807, 2.05) is 19.9 Å². The van der Waals surface area contributed by atoms with E-state index in [1.54, 1.807) is 48.5 Å². The summed E-state index contributed by atoms with van der Waals surface area (Å²) in [7, 11) is 0. The number of furan rings is 1. The molecule has 0 amide bonds. The zero-order valence-electron chi connectivity index (χ0n) is 14.8. The van der Waals surface area contributed by atoms with E-state index >= 15 is 0 Å². The SMILES string of the molecule is Cc1ccc(C(=O)Oc2c(-c3ccco3)oc3ccc(C)cc3c2=O)cc1. The molecule has 4 rings (SSSR count). The lowest BCUT2D eigenvalue weighted by atomic mass is 10.1. The van der Waals surface area contributed by atoms with Crippen molar-refractivity contribution in [3.8, 4) is 17.3 Å². The van der Waals surface area contributed by atoms with Gasteiger partial charge in [0.05, 0.1) is 17.2 Å². The van der Waals surface area contributed by atoms with Crippen molar-refractivity contribution in [1.82, 2.24) is 0 Å². The Balaban J connectivity index is 1.88. The van der Waals surface area contributed by atoms with Gasteiger partial charge in [-0.3, -0.25) is 4.79 Å². The Hall–Kier alpha value is -3.60. The minimum atomic E-state index is -0.637. The van der Waals surface area contributed by atoms with Crippen molar-refractivity contribution in [2.75, 3.05) is 0 Å². The number of rotatable bonds is 3. The topological polar surface area (TPSA) is 69.7 Å². The molecule has 0 unspecified atom stereocenters. The lowest BCUT2D eigenvalue weighted by molar-refractivity contribution is 0.0731. The molecule has 2 aromatic heterocycles. The predicted octanol–water partition coefficient (Wildman–Crippen LogP) is 4.89. The highest BCUT2D eigenvalue weighted by Gasteiger charge is 2.22. The summed E-state index contributed by atoms with van der Waals surface area (Å²) in [5.74, 6) is -0.432. The van der Waals surface area contributed by atoms with Crippen LogP contribution in [0.5, 0.6) is 5.75 Å². The molecule has 4 aromatic rings. The van der Waals surface area contributed by atoms with Gasteiger partial charge in [0.15, 0.2) is 5.76 Å². The standard InChI is InChI=1S/C22H16O5/c1-13-5-8-15(9-6-13)22(24)27-21-19(23)16-12-14(2)7-10-17(16)26-20(21)18-4-3-11-25-18/h3-12H,1-2H3. The van der Waals surface area contributed by atoms with E-state index in [1.165, 1.54) is 6.26 Å². The van der Waals surface area contributed by atoms with Crippen LogP contribution >= 0.6 is 0 Å². The molecule has 0 spiro atoms. The summed E-state index contributed by atoms with van der Waals surface area (Å²) in [5, 5.41) is 0.344. The summed E-state index contributed by atoms with van der Waals surface area (Å²) >= 11 is 0. The molecule has 0 radical (unpaired) electrons. The van der Waals surface area contributed by atoms with Gasteiger partial charge in [-0.1, -0.05) is 29.3 Å². The molecule has 0 aliphatic rings. The Morgan fingerprint density at radius 3 is 2.41 bits per heavy atom. The predicted molar refractivity (Wildman–Crippen MR) is 101 cm³/mol. The third-order valence-electron chi connectivity index (χ3n) is 4.23. The largest absolute Gasteiger partial charge is 0.461 e. The van der Waals surface area contributed by atoms with E-state index < -0.39 is 11.4 Å². The van der Waals surface area contributed by atoms with Crippen molar-refractivity contribution in [2.24, 2.45) is 0 Å². The average Bonchev–Trinajstić information content (AvgIpc) is 3.19. The molecule has 27 heavy (non-hydrogen) atoms. The Morgan fingerprint density at radius 1 is 0.963 bits per heavy atom. The summed E-state index contributed by atoms with van der Waals surface area (Å²) in [6.07, 6.45) is 1.46. The molecule has 2 aromatic carbocycles. The van der Waals surface area contributed by atoms with E-state index in [-0.39, 0.29) is 11.5 Å². The van der Waals surface area contributed by atoms with Crippen molar-refractivity contribution in [3.05, 3.63) is 87.8 Å². The van der Waals surface area contributed by atoms with Crippen LogP contribution in [0.15, 0.2) is 74.5 Å². The molecule has 0 fully saturated rings. The van der Waals surface area contributed by atoms with Crippen LogP contribution in [-0.2, 0) is 0 Å². The van der Waals surface area contributed by atoms with Crippen molar-refractivity contribution in [1.29, 1.82) is 0 Å². The Morgan fingerprint density at radius 2 is 1.70 bits per heavy atom. The molecule has 5 heteroatoms. The van der Waals surface area contributed by atoms with Crippen LogP contribution in [-0.4, -0.2) is 5.97 Å². The Labute approximate surface area is 154 Å². The van der Waals surface area contributed by atoms with Crippen molar-refractivity contribution in [2.45, 2.75) is 13.8 Å². The second kappa shape index (κ2) is 6.61. The highest BCUT2D eigenvalue weighted by Crippen LogP contribution is 2.32. The van der Waals surface area contributed by atoms with Gasteiger partial charge in [-0.15, -0.1) is 0 Å². The summed E-state index contributed by atoms with van der Waals surface area (Å²) in [4.78, 5) is 25.6. The lowest BCUT2D eigenvalue weighted by Gasteiger charge is -2.09. The molecule has 0 aliphatic heterocycles. The van der Waals surface area contributed by atoms with Crippen LogP contribution < -0.4 is 10.2 Å². The van der Waals surface area contributed by atoms with Crippen LogP contribution in [0.3, 0.4) is 0 Å². The molecule has 2 heterocycles. The van der Waals surface area contributed by atoms with Gasteiger partial charge in [-0.05, 0) is 50.2 Å². The lowest BCUT2D eigenvalue weighted by Crippen LogP contribution is -2.16. The van der Waals surface area contributed by atoms with E-state index in [0.717, 1.165) is 11.1 Å². The fourth-order valence-corrected chi connectivity index (χ4v) is 2.80. The summed E-state index contributed by atoms with van der Waals surface area (Å²) in [5.41, 5.74) is 2.23. The summed E-state index contributed by atoms with van der Waals surface area (Å²) < 4.78 is 16.7. The van der Waals surface area contributed by atoms with E-state index in [9.17, 15) is 9.59 Å². The van der Waals surface area contributed by atoms with Crippen LogP contribution in [0.25, 0.3) is 22.5 Å². The maximum atomic E-state index is 13.0. The quantitative estimate of drug-likeness (QED) is 0.487. The normalized spacial score (nSPS) is 10.9. The smallest absolute Gasteiger partial charge is 0.343 e. The van der Waals surface area contributed by atoms with Crippen LogP contribution in [0.1, 0.15) is 21.5 Å². The first kappa shape index (κ1) is 16.8. The first-order valence-corrected chi connectivity index (χ1v) is 8.43. The van der Waals surface area contributed by atoms with Crippen molar-refractivity contribution in [3.63, 3.8) is 0 Å². The van der Waals surface area contributed by atoms with Gasteiger partial charge in [0.2, 0.25) is 16.9 Å². The zero-order chi connectivity index (χ0) is 19.0. The number of benzene rings is 2. The molecule has 0 saturated carbocycles. The number of fused-ring (bicyclic) bond motifs is 1. The molecule has 0 aliphatic carbocycles. The number of esters is 1. The third-order valence-corrected chi connectivity index (χ3v) is 4.23. The highest BCUT2D eigenvalue weighted by molar-refractivity contribution is 5.92. The molecular formula is C22H16O5. The highest BCUT2D eigenvalue weighted by atomic mass is 16.5. The van der Waals surface area contributed by atoms with Gasteiger partial charge in [-0.25, -0.2) is 4.79 Å². The number of hydrogen-bond donors (Lipinski definition) is 0. The van der Waals surface area contributed by atoms with Crippen LogP contribution in [0, 0.1) is 13.8 Å². The summed E-state index contributed by atoms with van der Waals surface area (Å²) in [6, 6.07) is 15.5. The molecular weight excluding hydrogens is 344 g/mol. The maximum Gasteiger partial charge on any atom is 0.343 e. The van der Waals surface area contributed by atoms with Crippen LogP contribution in [0.2, 0.25) is 0 Å². The maximum absolute atomic E-state index is 13.0. The van der Waals surface area contributed by atoms with Gasteiger partial charge in [0.1, 0.15) is 5.58 Å². The van der Waals surface area contributed by atoms with E-state index in [4.69, 9.17) is 13.6 Å².